The monoisotopic (exact) mass is 342 g/mol. The maximum Gasteiger partial charge on any atom is 0.223 e. The number of Topliss-reactive ketones (excluding diaryl/α,β-unsaturated/α-hetero) is 1. The molecule has 1 amide bonds. The van der Waals surface area contributed by atoms with Gasteiger partial charge in [0.1, 0.15) is 0 Å². The number of ketones is 1. The van der Waals surface area contributed by atoms with E-state index in [1.54, 1.807) is 0 Å². The molecule has 0 rings (SSSR count). The van der Waals surface area contributed by atoms with Crippen LogP contribution in [0, 0.1) is 5.92 Å². The number of hydrogen-bond donors (Lipinski definition) is 4. The first kappa shape index (κ1) is 23.0. The molecule has 0 saturated heterocycles. The Hall–Kier alpha value is -0.980. The van der Waals surface area contributed by atoms with Crippen molar-refractivity contribution in [2.24, 2.45) is 11.7 Å². The van der Waals surface area contributed by atoms with Crippen molar-refractivity contribution in [1.29, 1.82) is 0 Å². The zero-order valence-corrected chi connectivity index (χ0v) is 15.8. The van der Waals surface area contributed by atoms with Crippen LogP contribution in [0.2, 0.25) is 0 Å². The van der Waals surface area contributed by atoms with E-state index in [0.717, 1.165) is 51.6 Å². The molecule has 6 nitrogen and oxygen atoms in total. The van der Waals surface area contributed by atoms with Crippen LogP contribution >= 0.6 is 0 Å². The van der Waals surface area contributed by atoms with Crippen molar-refractivity contribution in [3.05, 3.63) is 0 Å². The second kappa shape index (κ2) is 15.5. The Balaban J connectivity index is 4.49. The van der Waals surface area contributed by atoms with Gasteiger partial charge in [-0.05, 0) is 72.3 Å². The number of carbonyl (C=O) groups is 2. The first-order valence-electron chi connectivity index (χ1n) is 9.43. The van der Waals surface area contributed by atoms with Gasteiger partial charge in [0.05, 0.1) is 6.04 Å². The lowest BCUT2D eigenvalue weighted by Gasteiger charge is -2.21. The molecule has 5 N–H and O–H groups in total. The molecule has 0 spiro atoms. The molecule has 0 aliphatic heterocycles. The number of amides is 1. The third-order valence-corrected chi connectivity index (χ3v) is 4.34. The molecule has 0 aromatic heterocycles. The summed E-state index contributed by atoms with van der Waals surface area (Å²) in [6, 6.07) is -0.385. The smallest absolute Gasteiger partial charge is 0.223 e. The number of nitrogens with one attached hydrogen (secondary N) is 3. The molecule has 24 heavy (non-hydrogen) atoms. The summed E-state index contributed by atoms with van der Waals surface area (Å²) in [5.41, 5.74) is 5.57. The second-order valence-corrected chi connectivity index (χ2v) is 6.37. The Morgan fingerprint density at radius 2 is 1.62 bits per heavy atom. The molecule has 0 fully saturated rings. The predicted octanol–water partition coefficient (Wildman–Crippen LogP) is 1.19. The van der Waals surface area contributed by atoms with Gasteiger partial charge in [0.2, 0.25) is 5.91 Å². The minimum Gasteiger partial charge on any atom is -0.346 e. The van der Waals surface area contributed by atoms with Gasteiger partial charge in [0.25, 0.3) is 0 Å². The van der Waals surface area contributed by atoms with Crippen molar-refractivity contribution in [2.45, 2.75) is 64.3 Å². The van der Waals surface area contributed by atoms with E-state index < -0.39 is 0 Å². The van der Waals surface area contributed by atoms with Crippen LogP contribution in [0.5, 0.6) is 0 Å². The zero-order valence-electron chi connectivity index (χ0n) is 15.8. The number of carbonyl (C=O) groups excluding carboxylic acids is 2. The summed E-state index contributed by atoms with van der Waals surface area (Å²) in [4.78, 5) is 24.9. The van der Waals surface area contributed by atoms with Crippen LogP contribution in [-0.2, 0) is 9.59 Å². The number of unbranched alkanes of at least 4 members (excludes halogenated alkanes) is 1. The van der Waals surface area contributed by atoms with Gasteiger partial charge in [-0.3, -0.25) is 9.59 Å². The van der Waals surface area contributed by atoms with Crippen LogP contribution in [-0.4, -0.2) is 51.5 Å². The Kier molecular flexibility index (Phi) is 14.9. The minimum absolute atomic E-state index is 0.00709. The highest BCUT2D eigenvalue weighted by molar-refractivity contribution is 5.89. The Morgan fingerprint density at radius 1 is 0.958 bits per heavy atom. The van der Waals surface area contributed by atoms with Crippen molar-refractivity contribution in [1.82, 2.24) is 16.0 Å². The third-order valence-electron chi connectivity index (χ3n) is 4.34. The predicted molar refractivity (Wildman–Crippen MR) is 99.9 cm³/mol. The molecule has 0 aliphatic rings. The van der Waals surface area contributed by atoms with Crippen LogP contribution < -0.4 is 21.7 Å². The van der Waals surface area contributed by atoms with Gasteiger partial charge < -0.3 is 21.7 Å². The van der Waals surface area contributed by atoms with Gasteiger partial charge in [-0.15, -0.1) is 0 Å². The molecule has 6 heteroatoms. The maximum absolute atomic E-state index is 12.5. The lowest BCUT2D eigenvalue weighted by Crippen LogP contribution is -2.44. The van der Waals surface area contributed by atoms with Crippen molar-refractivity contribution >= 4 is 11.7 Å². The summed E-state index contributed by atoms with van der Waals surface area (Å²) < 4.78 is 0. The average molecular weight is 343 g/mol. The summed E-state index contributed by atoms with van der Waals surface area (Å²) in [5.74, 6) is 0.135. The molecular formula is C18H38N4O2. The van der Waals surface area contributed by atoms with Crippen molar-refractivity contribution < 1.29 is 9.59 Å². The molecule has 1 unspecified atom stereocenters. The van der Waals surface area contributed by atoms with Gasteiger partial charge in [0.15, 0.2) is 5.78 Å². The summed E-state index contributed by atoms with van der Waals surface area (Å²) in [7, 11) is 3.81. The van der Waals surface area contributed by atoms with E-state index >= 15 is 0 Å². The molecule has 0 bridgehead atoms. The van der Waals surface area contributed by atoms with E-state index in [9.17, 15) is 9.59 Å². The van der Waals surface area contributed by atoms with Crippen molar-refractivity contribution in [3.8, 4) is 0 Å². The van der Waals surface area contributed by atoms with E-state index in [0.29, 0.717) is 19.4 Å². The fourth-order valence-corrected chi connectivity index (χ4v) is 2.75. The molecule has 0 saturated carbocycles. The molecule has 0 radical (unpaired) electrons. The first-order valence-corrected chi connectivity index (χ1v) is 9.43. The van der Waals surface area contributed by atoms with Gasteiger partial charge >= 0.3 is 0 Å². The highest BCUT2D eigenvalue weighted by Gasteiger charge is 2.23. The van der Waals surface area contributed by atoms with Gasteiger partial charge in [-0.2, -0.15) is 0 Å². The lowest BCUT2D eigenvalue weighted by atomic mass is 9.96. The largest absolute Gasteiger partial charge is 0.346 e. The van der Waals surface area contributed by atoms with Gasteiger partial charge in [0, 0.05) is 12.3 Å². The van der Waals surface area contributed by atoms with E-state index in [4.69, 9.17) is 5.73 Å². The number of nitrogens with two attached hydrogens (primary N) is 1. The number of rotatable bonds is 16. The van der Waals surface area contributed by atoms with Gasteiger partial charge in [-0.1, -0.05) is 13.3 Å². The number of hydrogen-bond acceptors (Lipinski definition) is 5. The fourth-order valence-electron chi connectivity index (χ4n) is 2.75. The Morgan fingerprint density at radius 3 is 2.21 bits per heavy atom. The van der Waals surface area contributed by atoms with Crippen LogP contribution in [0.15, 0.2) is 0 Å². The highest BCUT2D eigenvalue weighted by Crippen LogP contribution is 2.14. The van der Waals surface area contributed by atoms with Crippen LogP contribution in [0.25, 0.3) is 0 Å². The average Bonchev–Trinajstić information content (AvgIpc) is 2.58. The molecule has 2 atom stereocenters. The van der Waals surface area contributed by atoms with E-state index in [2.05, 4.69) is 16.0 Å². The van der Waals surface area contributed by atoms with E-state index in [1.807, 2.05) is 21.0 Å². The molecular weight excluding hydrogens is 304 g/mol. The molecule has 0 heterocycles. The van der Waals surface area contributed by atoms with Crippen LogP contribution in [0.1, 0.15) is 58.3 Å². The van der Waals surface area contributed by atoms with E-state index in [-0.39, 0.29) is 23.7 Å². The van der Waals surface area contributed by atoms with Crippen molar-refractivity contribution in [3.63, 3.8) is 0 Å². The Labute approximate surface area is 147 Å². The maximum atomic E-state index is 12.5. The van der Waals surface area contributed by atoms with Crippen LogP contribution in [0.3, 0.4) is 0 Å². The van der Waals surface area contributed by atoms with E-state index in [1.165, 1.54) is 0 Å². The zero-order chi connectivity index (χ0) is 18.2. The first-order chi connectivity index (χ1) is 11.6. The molecule has 0 aromatic rings. The fraction of sp³-hybridized carbons (Fsp3) is 0.889. The molecule has 0 aromatic carbocycles. The highest BCUT2D eigenvalue weighted by atomic mass is 16.2. The SMILES string of the molecule is CC[C@@H](CCCCNC)C(=O)NC(CCCN)C(=O)CCCNC. The standard InChI is InChI=1S/C18H38N4O2/c1-4-15(9-5-6-13-20-2)18(24)22-16(10-7-12-19)17(23)11-8-14-21-3/h15-16,20-21H,4-14,19H2,1-3H3,(H,22,24)/t15-,16?/m0/s1. The lowest BCUT2D eigenvalue weighted by molar-refractivity contribution is -0.130. The molecule has 142 valence electrons. The summed E-state index contributed by atoms with van der Waals surface area (Å²) >= 11 is 0. The van der Waals surface area contributed by atoms with Crippen molar-refractivity contribution in [2.75, 3.05) is 33.7 Å². The second-order valence-electron chi connectivity index (χ2n) is 6.37. The Bertz CT molecular complexity index is 337. The summed E-state index contributed by atoms with van der Waals surface area (Å²) in [5, 5.41) is 9.15. The summed E-state index contributed by atoms with van der Waals surface area (Å²) in [6.45, 7) is 4.36. The normalized spacial score (nSPS) is 13.5. The molecule has 0 aliphatic carbocycles. The quantitative estimate of drug-likeness (QED) is 0.316. The minimum atomic E-state index is -0.385. The summed E-state index contributed by atoms with van der Waals surface area (Å²) in [6.07, 6.45) is 6.46. The van der Waals surface area contributed by atoms with Gasteiger partial charge in [-0.25, -0.2) is 0 Å². The van der Waals surface area contributed by atoms with Crippen LogP contribution in [0.4, 0.5) is 0 Å². The third kappa shape index (κ3) is 10.7. The topological polar surface area (TPSA) is 96.2 Å².